The third-order valence-corrected chi connectivity index (χ3v) is 6.28. The Morgan fingerprint density at radius 3 is 2.92 bits per heavy atom. The van der Waals surface area contributed by atoms with E-state index in [1.807, 2.05) is 9.30 Å². The Morgan fingerprint density at radius 2 is 2.12 bits per heavy atom. The molecule has 0 saturated carbocycles. The van der Waals surface area contributed by atoms with Gasteiger partial charge in [-0.3, -0.25) is 9.20 Å². The zero-order valence-electron chi connectivity index (χ0n) is 13.5. The lowest BCUT2D eigenvalue weighted by atomic mass is 10.2. The molecule has 0 unspecified atom stereocenters. The van der Waals surface area contributed by atoms with E-state index in [1.165, 1.54) is 22.2 Å². The number of aryl methyl sites for hydroxylation is 2. The van der Waals surface area contributed by atoms with E-state index in [4.69, 9.17) is 4.74 Å². The number of amides is 1. The number of carbonyl (C=O) groups excluding carboxylic acids is 1. The van der Waals surface area contributed by atoms with Crippen LogP contribution in [0.3, 0.4) is 0 Å². The van der Waals surface area contributed by atoms with Gasteiger partial charge in [0.2, 0.25) is 5.91 Å². The number of aromatic nitrogens is 4. The molecule has 4 rings (SSSR count). The number of morpholine rings is 1. The van der Waals surface area contributed by atoms with Crippen LogP contribution in [-0.4, -0.2) is 62.4 Å². The van der Waals surface area contributed by atoms with Gasteiger partial charge in [-0.25, -0.2) is 4.98 Å². The first kappa shape index (κ1) is 15.8. The molecule has 9 heteroatoms. The number of rotatable bonds is 3. The summed E-state index contributed by atoms with van der Waals surface area (Å²) >= 11 is 3.07. The number of hydrogen-bond acceptors (Lipinski definition) is 7. The maximum Gasteiger partial charge on any atom is 0.233 e. The standard InChI is InChI=1S/C15H17N5O2S2/c1-9-10(2)24-14-12(9)13-17-18-15(20(13)8-16-14)23-7-11(21)19-3-5-22-6-4-19/h8H,3-7H2,1-2H3. The lowest BCUT2D eigenvalue weighted by Gasteiger charge is -2.26. The highest BCUT2D eigenvalue weighted by Gasteiger charge is 2.19. The third-order valence-electron chi connectivity index (χ3n) is 4.23. The number of hydrogen-bond donors (Lipinski definition) is 0. The molecule has 1 fully saturated rings. The Balaban J connectivity index is 1.58. The van der Waals surface area contributed by atoms with Gasteiger partial charge < -0.3 is 9.64 Å². The summed E-state index contributed by atoms with van der Waals surface area (Å²) in [6, 6.07) is 0. The average molecular weight is 363 g/mol. The molecule has 24 heavy (non-hydrogen) atoms. The van der Waals surface area contributed by atoms with Gasteiger partial charge in [0.1, 0.15) is 11.2 Å². The van der Waals surface area contributed by atoms with Crippen LogP contribution in [0, 0.1) is 13.8 Å². The fourth-order valence-corrected chi connectivity index (χ4v) is 4.55. The maximum atomic E-state index is 12.3. The molecule has 126 valence electrons. The minimum atomic E-state index is 0.108. The first-order chi connectivity index (χ1) is 11.6. The molecule has 4 heterocycles. The Kier molecular flexibility index (Phi) is 4.15. The Labute approximate surface area is 147 Å². The average Bonchev–Trinajstić information content (AvgIpc) is 3.14. The summed E-state index contributed by atoms with van der Waals surface area (Å²) < 4.78 is 7.15. The molecule has 0 N–H and O–H groups in total. The second-order valence-electron chi connectivity index (χ2n) is 5.67. The molecule has 7 nitrogen and oxygen atoms in total. The molecule has 0 aromatic carbocycles. The molecule has 3 aromatic heterocycles. The molecule has 1 amide bonds. The van der Waals surface area contributed by atoms with Crippen molar-refractivity contribution in [3.05, 3.63) is 16.8 Å². The predicted octanol–water partition coefficient (Wildman–Crippen LogP) is 1.91. The Bertz CT molecular complexity index is 914. The topological polar surface area (TPSA) is 72.6 Å². The summed E-state index contributed by atoms with van der Waals surface area (Å²) in [5.74, 6) is 0.456. The Hall–Kier alpha value is -1.71. The van der Waals surface area contributed by atoms with Crippen LogP contribution in [0.5, 0.6) is 0 Å². The predicted molar refractivity (Wildman–Crippen MR) is 93.8 cm³/mol. The van der Waals surface area contributed by atoms with Crippen LogP contribution >= 0.6 is 23.1 Å². The number of ether oxygens (including phenoxy) is 1. The molecule has 0 radical (unpaired) electrons. The van der Waals surface area contributed by atoms with E-state index in [2.05, 4.69) is 29.0 Å². The van der Waals surface area contributed by atoms with Crippen LogP contribution < -0.4 is 0 Å². The molecule has 3 aromatic rings. The highest BCUT2D eigenvalue weighted by molar-refractivity contribution is 7.99. The van der Waals surface area contributed by atoms with Gasteiger partial charge in [-0.15, -0.1) is 21.5 Å². The van der Waals surface area contributed by atoms with Gasteiger partial charge in [0.15, 0.2) is 10.8 Å². The zero-order valence-corrected chi connectivity index (χ0v) is 15.1. The van der Waals surface area contributed by atoms with Crippen LogP contribution in [0.1, 0.15) is 10.4 Å². The number of fused-ring (bicyclic) bond motifs is 3. The SMILES string of the molecule is Cc1sc2ncn3c(SCC(=O)N4CCOCC4)nnc3c2c1C. The molecule has 0 aliphatic carbocycles. The number of thiophene rings is 1. The zero-order chi connectivity index (χ0) is 16.7. The summed E-state index contributed by atoms with van der Waals surface area (Å²) in [6.45, 7) is 6.72. The van der Waals surface area contributed by atoms with Gasteiger partial charge in [0.05, 0.1) is 24.4 Å². The lowest BCUT2D eigenvalue weighted by Crippen LogP contribution is -2.41. The Morgan fingerprint density at radius 1 is 1.33 bits per heavy atom. The largest absolute Gasteiger partial charge is 0.378 e. The summed E-state index contributed by atoms with van der Waals surface area (Å²) in [4.78, 5) is 20.8. The van der Waals surface area contributed by atoms with Crippen molar-refractivity contribution in [1.82, 2.24) is 24.5 Å². The van der Waals surface area contributed by atoms with Crippen LogP contribution in [0.25, 0.3) is 15.9 Å². The van der Waals surface area contributed by atoms with Crippen LogP contribution in [-0.2, 0) is 9.53 Å². The smallest absolute Gasteiger partial charge is 0.233 e. The summed E-state index contributed by atoms with van der Waals surface area (Å²) in [5.41, 5.74) is 2.00. The maximum absolute atomic E-state index is 12.3. The van der Waals surface area contributed by atoms with E-state index in [1.54, 1.807) is 17.7 Å². The summed E-state index contributed by atoms with van der Waals surface area (Å²) in [6.07, 6.45) is 1.74. The van der Waals surface area contributed by atoms with E-state index in [0.717, 1.165) is 15.9 Å². The second kappa shape index (κ2) is 6.30. The van der Waals surface area contributed by atoms with Gasteiger partial charge in [-0.2, -0.15) is 0 Å². The van der Waals surface area contributed by atoms with Crippen molar-refractivity contribution >= 4 is 44.9 Å². The molecule has 0 atom stereocenters. The van der Waals surface area contributed by atoms with Gasteiger partial charge in [-0.1, -0.05) is 11.8 Å². The van der Waals surface area contributed by atoms with Crippen molar-refractivity contribution < 1.29 is 9.53 Å². The van der Waals surface area contributed by atoms with Crippen LogP contribution in [0.2, 0.25) is 0 Å². The molecular formula is C15H17N5O2S2. The lowest BCUT2D eigenvalue weighted by molar-refractivity contribution is -0.132. The number of thioether (sulfide) groups is 1. The van der Waals surface area contributed by atoms with E-state index in [0.29, 0.717) is 37.2 Å². The van der Waals surface area contributed by atoms with Crippen molar-refractivity contribution in [2.45, 2.75) is 19.0 Å². The van der Waals surface area contributed by atoms with Gasteiger partial charge >= 0.3 is 0 Å². The van der Waals surface area contributed by atoms with E-state index in [-0.39, 0.29) is 5.91 Å². The molecule has 0 spiro atoms. The van der Waals surface area contributed by atoms with Crippen molar-refractivity contribution in [2.24, 2.45) is 0 Å². The highest BCUT2D eigenvalue weighted by Crippen LogP contribution is 2.32. The highest BCUT2D eigenvalue weighted by atomic mass is 32.2. The molecule has 1 saturated heterocycles. The van der Waals surface area contributed by atoms with Crippen molar-refractivity contribution in [1.29, 1.82) is 0 Å². The van der Waals surface area contributed by atoms with E-state index in [9.17, 15) is 4.79 Å². The van der Waals surface area contributed by atoms with Crippen molar-refractivity contribution in [2.75, 3.05) is 32.1 Å². The summed E-state index contributed by atoms with van der Waals surface area (Å²) in [5, 5.41) is 10.3. The van der Waals surface area contributed by atoms with Gasteiger partial charge in [0.25, 0.3) is 0 Å². The van der Waals surface area contributed by atoms with Gasteiger partial charge in [0, 0.05) is 18.0 Å². The second-order valence-corrected chi connectivity index (χ2v) is 7.81. The fourth-order valence-electron chi connectivity index (χ4n) is 2.75. The van der Waals surface area contributed by atoms with Crippen molar-refractivity contribution in [3.63, 3.8) is 0 Å². The first-order valence-electron chi connectivity index (χ1n) is 7.73. The molecule has 1 aliphatic heterocycles. The molecule has 0 bridgehead atoms. The first-order valence-corrected chi connectivity index (χ1v) is 9.53. The van der Waals surface area contributed by atoms with Crippen LogP contribution in [0.4, 0.5) is 0 Å². The van der Waals surface area contributed by atoms with E-state index < -0.39 is 0 Å². The van der Waals surface area contributed by atoms with E-state index >= 15 is 0 Å². The minimum absolute atomic E-state index is 0.108. The fraction of sp³-hybridized carbons (Fsp3) is 0.467. The number of carbonyl (C=O) groups is 1. The molecule has 1 aliphatic rings. The quantitative estimate of drug-likeness (QED) is 0.662. The number of nitrogens with zero attached hydrogens (tertiary/aromatic N) is 5. The van der Waals surface area contributed by atoms with Gasteiger partial charge in [-0.05, 0) is 19.4 Å². The third kappa shape index (κ3) is 2.66. The monoisotopic (exact) mass is 363 g/mol. The minimum Gasteiger partial charge on any atom is -0.378 e. The van der Waals surface area contributed by atoms with Crippen molar-refractivity contribution in [3.8, 4) is 0 Å². The normalized spacial score (nSPS) is 15.5. The van der Waals surface area contributed by atoms with Crippen LogP contribution in [0.15, 0.2) is 11.5 Å². The molecular weight excluding hydrogens is 346 g/mol. The summed E-state index contributed by atoms with van der Waals surface area (Å²) in [7, 11) is 0.